The number of nitrogens with zero attached hydrogens (tertiary/aromatic N) is 3. The van der Waals surface area contributed by atoms with Gasteiger partial charge in [-0.15, -0.1) is 0 Å². The van der Waals surface area contributed by atoms with Gasteiger partial charge in [-0.1, -0.05) is 19.9 Å². The lowest BCUT2D eigenvalue weighted by Crippen LogP contribution is -2.54. The Morgan fingerprint density at radius 2 is 2.26 bits per heavy atom. The molecule has 0 radical (unpaired) electrons. The van der Waals surface area contributed by atoms with E-state index >= 15 is 0 Å². The third kappa shape index (κ3) is 4.31. The molecular formula is C19H32N4. The van der Waals surface area contributed by atoms with E-state index in [1.54, 1.807) is 0 Å². The summed E-state index contributed by atoms with van der Waals surface area (Å²) in [6.45, 7) is 11.6. The van der Waals surface area contributed by atoms with Gasteiger partial charge in [-0.25, -0.2) is 0 Å². The third-order valence-corrected chi connectivity index (χ3v) is 5.47. The van der Waals surface area contributed by atoms with E-state index in [1.807, 2.05) is 12.3 Å². The van der Waals surface area contributed by atoms with Crippen LogP contribution in [0.5, 0.6) is 0 Å². The highest BCUT2D eigenvalue weighted by molar-refractivity contribution is 5.11. The average Bonchev–Trinajstić information content (AvgIpc) is 2.60. The Hall–Kier alpha value is -0.970. The highest BCUT2D eigenvalue weighted by Crippen LogP contribution is 2.27. The van der Waals surface area contributed by atoms with Crippen LogP contribution in [0.1, 0.15) is 44.8 Å². The second kappa shape index (κ2) is 8.22. The molecule has 2 fully saturated rings. The molecule has 2 saturated heterocycles. The smallest absolute Gasteiger partial charge is 0.0652 e. The Kier molecular flexibility index (Phi) is 6.03. The Morgan fingerprint density at radius 3 is 3.00 bits per heavy atom. The quantitative estimate of drug-likeness (QED) is 0.904. The van der Waals surface area contributed by atoms with E-state index in [0.29, 0.717) is 12.1 Å². The first kappa shape index (κ1) is 16.9. The maximum Gasteiger partial charge on any atom is 0.0652 e. The van der Waals surface area contributed by atoms with Crippen molar-refractivity contribution in [2.45, 2.75) is 45.2 Å². The van der Waals surface area contributed by atoms with Gasteiger partial charge in [0, 0.05) is 45.0 Å². The van der Waals surface area contributed by atoms with E-state index < -0.39 is 0 Å². The van der Waals surface area contributed by atoms with Gasteiger partial charge in [0.2, 0.25) is 0 Å². The van der Waals surface area contributed by atoms with Crippen LogP contribution in [-0.2, 0) is 0 Å². The summed E-state index contributed by atoms with van der Waals surface area (Å²) in [5, 5.41) is 3.56. The number of hydrogen-bond donors (Lipinski definition) is 1. The van der Waals surface area contributed by atoms with Crippen molar-refractivity contribution in [3.05, 3.63) is 30.1 Å². The minimum absolute atomic E-state index is 0.425. The molecule has 0 bridgehead atoms. The SMILES string of the molecule is CCC1CNCCN1C(CN1CCCC(C)C1)c1ccccn1. The van der Waals surface area contributed by atoms with Crippen LogP contribution in [0, 0.1) is 5.92 Å². The zero-order valence-corrected chi connectivity index (χ0v) is 14.7. The Balaban J connectivity index is 1.78. The normalized spacial score (nSPS) is 28.6. The van der Waals surface area contributed by atoms with Gasteiger partial charge in [0.25, 0.3) is 0 Å². The van der Waals surface area contributed by atoms with Crippen molar-refractivity contribution in [2.75, 3.05) is 39.3 Å². The Labute approximate surface area is 141 Å². The molecule has 1 N–H and O–H groups in total. The van der Waals surface area contributed by atoms with E-state index in [4.69, 9.17) is 4.98 Å². The van der Waals surface area contributed by atoms with E-state index in [1.165, 1.54) is 38.0 Å². The predicted octanol–water partition coefficient (Wildman–Crippen LogP) is 2.54. The van der Waals surface area contributed by atoms with Crippen molar-refractivity contribution < 1.29 is 0 Å². The first-order chi connectivity index (χ1) is 11.3. The average molecular weight is 316 g/mol. The largest absolute Gasteiger partial charge is 0.314 e. The molecule has 0 aliphatic carbocycles. The second-order valence-electron chi connectivity index (χ2n) is 7.28. The fourth-order valence-corrected chi connectivity index (χ4v) is 4.20. The monoisotopic (exact) mass is 316 g/mol. The van der Waals surface area contributed by atoms with Gasteiger partial charge in [-0.2, -0.15) is 0 Å². The molecule has 0 saturated carbocycles. The van der Waals surface area contributed by atoms with Crippen LogP contribution in [0.15, 0.2) is 24.4 Å². The molecule has 4 nitrogen and oxygen atoms in total. The molecule has 0 spiro atoms. The molecule has 3 heterocycles. The van der Waals surface area contributed by atoms with Crippen LogP contribution in [0.3, 0.4) is 0 Å². The van der Waals surface area contributed by atoms with Gasteiger partial charge in [0.05, 0.1) is 11.7 Å². The van der Waals surface area contributed by atoms with Gasteiger partial charge in [-0.3, -0.25) is 9.88 Å². The van der Waals surface area contributed by atoms with Crippen molar-refractivity contribution in [1.82, 2.24) is 20.1 Å². The fourth-order valence-electron chi connectivity index (χ4n) is 4.20. The van der Waals surface area contributed by atoms with Crippen molar-refractivity contribution in [1.29, 1.82) is 0 Å². The fraction of sp³-hybridized carbons (Fsp3) is 0.737. The second-order valence-corrected chi connectivity index (χ2v) is 7.28. The summed E-state index contributed by atoms with van der Waals surface area (Å²) < 4.78 is 0. The summed E-state index contributed by atoms with van der Waals surface area (Å²) >= 11 is 0. The first-order valence-corrected chi connectivity index (χ1v) is 9.37. The highest BCUT2D eigenvalue weighted by atomic mass is 15.3. The standard InChI is InChI=1S/C19H32N4/c1-3-17-13-20-10-12-23(17)19(18-8-4-5-9-21-18)15-22-11-6-7-16(2)14-22/h4-5,8-9,16-17,19-20H,3,6-7,10-15H2,1-2H3. The molecule has 0 amide bonds. The molecule has 1 aromatic heterocycles. The number of pyridine rings is 1. The number of piperidine rings is 1. The zero-order valence-electron chi connectivity index (χ0n) is 14.7. The first-order valence-electron chi connectivity index (χ1n) is 9.37. The van der Waals surface area contributed by atoms with Gasteiger partial charge in [-0.05, 0) is 43.9 Å². The van der Waals surface area contributed by atoms with Crippen molar-refractivity contribution in [2.24, 2.45) is 5.92 Å². The maximum absolute atomic E-state index is 4.72. The van der Waals surface area contributed by atoms with Crippen LogP contribution in [0.4, 0.5) is 0 Å². The van der Waals surface area contributed by atoms with Gasteiger partial charge in [0.1, 0.15) is 0 Å². The number of likely N-dealkylation sites (tertiary alicyclic amines) is 1. The number of piperazine rings is 1. The molecule has 2 aliphatic heterocycles. The van der Waals surface area contributed by atoms with Gasteiger partial charge in [0.15, 0.2) is 0 Å². The van der Waals surface area contributed by atoms with Crippen LogP contribution < -0.4 is 5.32 Å². The summed E-state index contributed by atoms with van der Waals surface area (Å²) in [4.78, 5) is 10.1. The number of hydrogen-bond acceptors (Lipinski definition) is 4. The van der Waals surface area contributed by atoms with Gasteiger partial charge >= 0.3 is 0 Å². The zero-order chi connectivity index (χ0) is 16.1. The van der Waals surface area contributed by atoms with E-state index in [9.17, 15) is 0 Å². The molecule has 4 heteroatoms. The van der Waals surface area contributed by atoms with E-state index in [2.05, 4.69) is 41.1 Å². The Bertz CT molecular complexity index is 464. The minimum atomic E-state index is 0.425. The van der Waals surface area contributed by atoms with Gasteiger partial charge < -0.3 is 10.2 Å². The topological polar surface area (TPSA) is 31.4 Å². The number of rotatable bonds is 5. The van der Waals surface area contributed by atoms with Crippen LogP contribution in [0.25, 0.3) is 0 Å². The molecule has 23 heavy (non-hydrogen) atoms. The third-order valence-electron chi connectivity index (χ3n) is 5.47. The minimum Gasteiger partial charge on any atom is -0.314 e. The predicted molar refractivity (Wildman–Crippen MR) is 95.5 cm³/mol. The Morgan fingerprint density at radius 1 is 1.35 bits per heavy atom. The van der Waals surface area contributed by atoms with Crippen LogP contribution in [0.2, 0.25) is 0 Å². The summed E-state index contributed by atoms with van der Waals surface area (Å²) in [7, 11) is 0. The van der Waals surface area contributed by atoms with Crippen molar-refractivity contribution >= 4 is 0 Å². The molecule has 1 aromatic rings. The van der Waals surface area contributed by atoms with E-state index in [-0.39, 0.29) is 0 Å². The number of aromatic nitrogens is 1. The lowest BCUT2D eigenvalue weighted by molar-refractivity contribution is 0.0599. The maximum atomic E-state index is 4.72. The molecular weight excluding hydrogens is 284 g/mol. The molecule has 0 aromatic carbocycles. The van der Waals surface area contributed by atoms with Crippen LogP contribution in [-0.4, -0.2) is 60.1 Å². The highest BCUT2D eigenvalue weighted by Gasteiger charge is 2.31. The number of nitrogens with one attached hydrogen (secondary N) is 1. The molecule has 3 unspecified atom stereocenters. The molecule has 3 atom stereocenters. The van der Waals surface area contributed by atoms with Crippen molar-refractivity contribution in [3.63, 3.8) is 0 Å². The van der Waals surface area contributed by atoms with Crippen molar-refractivity contribution in [3.8, 4) is 0 Å². The molecule has 3 rings (SSSR count). The summed E-state index contributed by atoms with van der Waals surface area (Å²) in [5.41, 5.74) is 1.24. The molecule has 128 valence electrons. The lowest BCUT2D eigenvalue weighted by Gasteiger charge is -2.43. The summed E-state index contributed by atoms with van der Waals surface area (Å²) in [5.74, 6) is 0.832. The summed E-state index contributed by atoms with van der Waals surface area (Å²) in [6, 6.07) is 7.43. The van der Waals surface area contributed by atoms with E-state index in [0.717, 1.165) is 32.1 Å². The molecule has 2 aliphatic rings. The summed E-state index contributed by atoms with van der Waals surface area (Å²) in [6.07, 6.45) is 5.88. The van der Waals surface area contributed by atoms with Crippen LogP contribution >= 0.6 is 0 Å². The lowest BCUT2D eigenvalue weighted by atomic mass is 9.98.